The van der Waals surface area contributed by atoms with Gasteiger partial charge in [0.2, 0.25) is 11.8 Å². The van der Waals surface area contributed by atoms with Crippen molar-refractivity contribution >= 4 is 5.91 Å². The largest absolute Gasteiger partial charge is 0.375 e. The van der Waals surface area contributed by atoms with Crippen LogP contribution >= 0.6 is 0 Å². The van der Waals surface area contributed by atoms with Gasteiger partial charge in [0.15, 0.2) is 5.82 Å². The van der Waals surface area contributed by atoms with E-state index in [9.17, 15) is 4.79 Å². The van der Waals surface area contributed by atoms with Gasteiger partial charge in [0.1, 0.15) is 6.61 Å². The Hall–Kier alpha value is -1.47. The number of carbonyl (C=O) groups is 1. The lowest BCUT2D eigenvalue weighted by molar-refractivity contribution is -0.125. The van der Waals surface area contributed by atoms with Gasteiger partial charge in [-0.2, -0.15) is 4.98 Å². The monoisotopic (exact) mass is 310 g/mol. The maximum atomic E-state index is 11.5. The van der Waals surface area contributed by atoms with Gasteiger partial charge in [-0.05, 0) is 19.8 Å². The zero-order chi connectivity index (χ0) is 16.1. The summed E-state index contributed by atoms with van der Waals surface area (Å²) in [4.78, 5) is 18.3. The second-order valence-corrected chi connectivity index (χ2v) is 6.13. The molecule has 2 heterocycles. The van der Waals surface area contributed by atoms with Gasteiger partial charge in [0.05, 0.1) is 6.04 Å². The fourth-order valence-electron chi connectivity index (χ4n) is 2.64. The van der Waals surface area contributed by atoms with Gasteiger partial charge in [-0.15, -0.1) is 0 Å². The minimum Gasteiger partial charge on any atom is -0.375 e. The summed E-state index contributed by atoms with van der Waals surface area (Å²) in [5, 5.41) is 7.02. The predicted molar refractivity (Wildman–Crippen MR) is 81.4 cm³/mol. The summed E-state index contributed by atoms with van der Waals surface area (Å²) in [6.07, 6.45) is 1.84. The smallest absolute Gasteiger partial charge is 0.246 e. The molecule has 7 nitrogen and oxygen atoms in total. The van der Waals surface area contributed by atoms with E-state index in [1.54, 1.807) is 0 Å². The average molecular weight is 310 g/mol. The van der Waals surface area contributed by atoms with Crippen LogP contribution in [0.5, 0.6) is 0 Å². The van der Waals surface area contributed by atoms with Crippen molar-refractivity contribution < 1.29 is 14.1 Å². The number of hydrogen-bond acceptors (Lipinski definition) is 6. The molecule has 124 valence electrons. The van der Waals surface area contributed by atoms with Crippen LogP contribution < -0.4 is 5.32 Å². The second kappa shape index (κ2) is 7.69. The molecule has 1 saturated heterocycles. The van der Waals surface area contributed by atoms with Gasteiger partial charge in [-0.3, -0.25) is 9.69 Å². The molecule has 0 saturated carbocycles. The van der Waals surface area contributed by atoms with Crippen LogP contribution in [0.4, 0.5) is 0 Å². The maximum Gasteiger partial charge on any atom is 0.246 e. The Labute approximate surface area is 131 Å². The van der Waals surface area contributed by atoms with Gasteiger partial charge in [-0.1, -0.05) is 19.0 Å². The zero-order valence-corrected chi connectivity index (χ0v) is 13.8. The van der Waals surface area contributed by atoms with E-state index in [2.05, 4.69) is 27.3 Å². The van der Waals surface area contributed by atoms with Crippen molar-refractivity contribution in [2.75, 3.05) is 26.8 Å². The van der Waals surface area contributed by atoms with Crippen molar-refractivity contribution in [1.29, 1.82) is 0 Å². The van der Waals surface area contributed by atoms with E-state index in [4.69, 9.17) is 9.26 Å². The topological polar surface area (TPSA) is 80.5 Å². The Morgan fingerprint density at radius 2 is 2.09 bits per heavy atom. The summed E-state index contributed by atoms with van der Waals surface area (Å²) < 4.78 is 10.2. The third-order valence-corrected chi connectivity index (χ3v) is 4.05. The molecule has 1 aromatic heterocycles. The number of nitrogens with zero attached hydrogens (tertiary/aromatic N) is 3. The number of piperidine rings is 1. The molecule has 1 fully saturated rings. The van der Waals surface area contributed by atoms with Crippen LogP contribution in [0.15, 0.2) is 4.52 Å². The minimum atomic E-state index is -0.0486. The number of aromatic nitrogens is 2. The molecule has 7 heteroatoms. The number of ether oxygens (including phenoxy) is 1. The molecule has 0 spiro atoms. The minimum absolute atomic E-state index is 0.0486. The lowest BCUT2D eigenvalue weighted by Crippen LogP contribution is -2.46. The molecular weight excluding hydrogens is 284 g/mol. The number of amides is 1. The molecule has 1 aliphatic heterocycles. The van der Waals surface area contributed by atoms with Crippen molar-refractivity contribution in [3.8, 4) is 0 Å². The zero-order valence-electron chi connectivity index (χ0n) is 13.8. The highest BCUT2D eigenvalue weighted by Gasteiger charge is 2.27. The van der Waals surface area contributed by atoms with Crippen LogP contribution in [-0.2, 0) is 9.53 Å². The first-order chi connectivity index (χ1) is 10.5. The van der Waals surface area contributed by atoms with Crippen molar-refractivity contribution in [3.63, 3.8) is 0 Å². The quantitative estimate of drug-likeness (QED) is 0.857. The van der Waals surface area contributed by atoms with Crippen LogP contribution in [0.25, 0.3) is 0 Å². The summed E-state index contributed by atoms with van der Waals surface area (Å²) in [6, 6.07) is 0.329. The van der Waals surface area contributed by atoms with Gasteiger partial charge in [0, 0.05) is 32.2 Å². The highest BCUT2D eigenvalue weighted by molar-refractivity contribution is 5.77. The Bertz CT molecular complexity index is 481. The first-order valence-corrected chi connectivity index (χ1v) is 7.87. The number of methoxy groups -OCH3 is 1. The Morgan fingerprint density at radius 1 is 1.41 bits per heavy atom. The highest BCUT2D eigenvalue weighted by atomic mass is 16.5. The Kier molecular flexibility index (Phi) is 5.90. The van der Waals surface area contributed by atoms with Crippen molar-refractivity contribution in [3.05, 3.63) is 11.7 Å². The molecule has 22 heavy (non-hydrogen) atoms. The molecule has 1 N–H and O–H groups in total. The molecule has 1 atom stereocenters. The third kappa shape index (κ3) is 4.27. The van der Waals surface area contributed by atoms with Gasteiger partial charge < -0.3 is 14.6 Å². The Balaban J connectivity index is 1.84. The molecule has 1 aromatic rings. The normalized spacial score (nSPS) is 18.6. The summed E-state index contributed by atoms with van der Waals surface area (Å²) >= 11 is 0. The number of rotatable bonds is 6. The van der Waals surface area contributed by atoms with Gasteiger partial charge in [-0.25, -0.2) is 0 Å². The van der Waals surface area contributed by atoms with Crippen LogP contribution in [0, 0.1) is 0 Å². The summed E-state index contributed by atoms with van der Waals surface area (Å²) in [6.45, 7) is 8.11. The fourth-order valence-corrected chi connectivity index (χ4v) is 2.64. The number of nitrogens with one attached hydrogen (secondary N) is 1. The lowest BCUT2D eigenvalue weighted by Gasteiger charge is -2.34. The Morgan fingerprint density at radius 3 is 2.64 bits per heavy atom. The predicted octanol–water partition coefficient (Wildman–Crippen LogP) is 1.48. The SMILES string of the molecule is COCC(=O)NC1CCN(C(C)c2nc(C(C)C)no2)CC1. The molecule has 0 bridgehead atoms. The molecule has 1 amide bonds. The molecule has 0 radical (unpaired) electrons. The summed E-state index contributed by atoms with van der Waals surface area (Å²) in [7, 11) is 1.53. The van der Waals surface area contributed by atoms with Crippen LogP contribution in [0.2, 0.25) is 0 Å². The molecule has 2 rings (SSSR count). The van der Waals surface area contributed by atoms with Crippen LogP contribution in [-0.4, -0.2) is 53.8 Å². The van der Waals surface area contributed by atoms with Crippen molar-refractivity contribution in [1.82, 2.24) is 20.4 Å². The van der Waals surface area contributed by atoms with Crippen LogP contribution in [0.3, 0.4) is 0 Å². The maximum absolute atomic E-state index is 11.5. The first kappa shape index (κ1) is 16.9. The van der Waals surface area contributed by atoms with E-state index in [1.165, 1.54) is 7.11 Å². The standard InChI is InChI=1S/C15H26N4O3/c1-10(2)14-17-15(22-18-14)11(3)19-7-5-12(6-8-19)16-13(20)9-21-4/h10-12H,5-9H2,1-4H3,(H,16,20). The van der Waals surface area contributed by atoms with E-state index >= 15 is 0 Å². The molecule has 0 aromatic carbocycles. The number of likely N-dealkylation sites (tertiary alicyclic amines) is 1. The van der Waals surface area contributed by atoms with Crippen LogP contribution in [0.1, 0.15) is 57.3 Å². The van der Waals surface area contributed by atoms with E-state index in [0.29, 0.717) is 5.89 Å². The van der Waals surface area contributed by atoms with Crippen molar-refractivity contribution in [2.24, 2.45) is 0 Å². The number of hydrogen-bond donors (Lipinski definition) is 1. The molecule has 1 unspecified atom stereocenters. The molecule has 1 aliphatic rings. The second-order valence-electron chi connectivity index (χ2n) is 6.13. The number of carbonyl (C=O) groups excluding carboxylic acids is 1. The molecular formula is C15H26N4O3. The summed E-state index contributed by atoms with van der Waals surface area (Å²) in [5.74, 6) is 1.65. The fraction of sp³-hybridized carbons (Fsp3) is 0.800. The van der Waals surface area contributed by atoms with Crippen molar-refractivity contribution in [2.45, 2.75) is 51.6 Å². The highest BCUT2D eigenvalue weighted by Crippen LogP contribution is 2.24. The van der Waals surface area contributed by atoms with E-state index in [1.807, 2.05) is 13.8 Å². The van der Waals surface area contributed by atoms with E-state index in [0.717, 1.165) is 31.8 Å². The lowest BCUT2D eigenvalue weighted by atomic mass is 10.0. The van der Waals surface area contributed by atoms with E-state index in [-0.39, 0.29) is 30.5 Å². The average Bonchev–Trinajstić information content (AvgIpc) is 2.97. The van der Waals surface area contributed by atoms with E-state index < -0.39 is 0 Å². The van der Waals surface area contributed by atoms with Gasteiger partial charge in [0.25, 0.3) is 0 Å². The summed E-state index contributed by atoms with van der Waals surface area (Å²) in [5.41, 5.74) is 0. The molecule has 0 aliphatic carbocycles. The van der Waals surface area contributed by atoms with Gasteiger partial charge >= 0.3 is 0 Å². The third-order valence-electron chi connectivity index (χ3n) is 4.05. The first-order valence-electron chi connectivity index (χ1n) is 7.87.